The first kappa shape index (κ1) is 18.1. The van der Waals surface area contributed by atoms with Crippen LogP contribution < -0.4 is 10.1 Å². The molecule has 0 fully saturated rings. The molecule has 0 aliphatic rings. The fraction of sp³-hybridized carbons (Fsp3) is 0.333. The van der Waals surface area contributed by atoms with E-state index in [4.69, 9.17) is 4.74 Å². The molecule has 130 valence electrons. The Morgan fingerprint density at radius 2 is 1.83 bits per heavy atom. The molecule has 0 unspecified atom stereocenters. The van der Waals surface area contributed by atoms with Crippen molar-refractivity contribution in [3.63, 3.8) is 0 Å². The van der Waals surface area contributed by atoms with Crippen LogP contribution in [-0.4, -0.2) is 30.2 Å². The Labute approximate surface area is 138 Å². The summed E-state index contributed by atoms with van der Waals surface area (Å²) >= 11 is 0. The van der Waals surface area contributed by atoms with Gasteiger partial charge in [0.1, 0.15) is 17.7 Å². The number of anilines is 2. The van der Waals surface area contributed by atoms with Crippen LogP contribution in [-0.2, 0) is 9.84 Å². The Hall–Kier alpha value is -2.29. The van der Waals surface area contributed by atoms with Gasteiger partial charge >= 0.3 is 0 Å². The molecule has 1 aromatic carbocycles. The Bertz CT molecular complexity index is 865. The molecule has 0 saturated heterocycles. The van der Waals surface area contributed by atoms with Crippen LogP contribution in [0.1, 0.15) is 20.8 Å². The van der Waals surface area contributed by atoms with Gasteiger partial charge in [-0.1, -0.05) is 0 Å². The van der Waals surface area contributed by atoms with Gasteiger partial charge in [0, 0.05) is 6.26 Å². The van der Waals surface area contributed by atoms with Crippen LogP contribution in [0.4, 0.5) is 20.3 Å². The molecule has 0 saturated carbocycles. The third-order valence-corrected chi connectivity index (χ3v) is 3.89. The highest BCUT2D eigenvalue weighted by Crippen LogP contribution is 2.27. The molecule has 2 rings (SSSR count). The van der Waals surface area contributed by atoms with Gasteiger partial charge < -0.3 is 10.1 Å². The third kappa shape index (κ3) is 4.38. The van der Waals surface area contributed by atoms with Crippen LogP contribution in [0.25, 0.3) is 0 Å². The Kier molecular flexibility index (Phi) is 4.75. The van der Waals surface area contributed by atoms with E-state index in [-0.39, 0.29) is 22.3 Å². The van der Waals surface area contributed by atoms with E-state index in [0.29, 0.717) is 0 Å². The lowest BCUT2D eigenvalue weighted by atomic mass is 10.2. The molecule has 0 spiro atoms. The van der Waals surface area contributed by atoms with Crippen LogP contribution in [0.3, 0.4) is 0 Å². The van der Waals surface area contributed by atoms with Gasteiger partial charge in [0.05, 0.1) is 10.6 Å². The number of halogens is 2. The van der Waals surface area contributed by atoms with Gasteiger partial charge in [0.15, 0.2) is 15.7 Å². The van der Waals surface area contributed by atoms with Crippen LogP contribution in [0.15, 0.2) is 29.4 Å². The maximum Gasteiger partial charge on any atom is 0.256 e. The van der Waals surface area contributed by atoms with Gasteiger partial charge in [0.2, 0.25) is 5.82 Å². The molecule has 0 aliphatic heterocycles. The minimum atomic E-state index is -3.54. The van der Waals surface area contributed by atoms with E-state index < -0.39 is 27.1 Å². The molecule has 0 aliphatic carbocycles. The van der Waals surface area contributed by atoms with E-state index in [1.165, 1.54) is 12.1 Å². The van der Waals surface area contributed by atoms with E-state index in [2.05, 4.69) is 15.3 Å². The van der Waals surface area contributed by atoms with Crippen molar-refractivity contribution < 1.29 is 21.9 Å². The van der Waals surface area contributed by atoms with Crippen molar-refractivity contribution >= 4 is 21.3 Å². The first-order chi connectivity index (χ1) is 11.0. The number of nitrogens with zero attached hydrogens (tertiary/aromatic N) is 2. The van der Waals surface area contributed by atoms with Crippen molar-refractivity contribution in [3.05, 3.63) is 36.2 Å². The highest BCUT2D eigenvalue weighted by atomic mass is 32.2. The summed E-state index contributed by atoms with van der Waals surface area (Å²) in [6.07, 6.45) is 2.05. The highest BCUT2D eigenvalue weighted by Gasteiger charge is 2.20. The number of benzene rings is 1. The molecule has 1 N–H and O–H groups in total. The lowest BCUT2D eigenvalue weighted by Crippen LogP contribution is -2.24. The SMILES string of the molecule is CC(C)(C)Oc1ncnc(Nc2ccc(S(C)(=O)=O)cc2F)c1F. The minimum Gasteiger partial charge on any atom is -0.470 e. The Morgan fingerprint density at radius 3 is 2.38 bits per heavy atom. The summed E-state index contributed by atoms with van der Waals surface area (Å²) in [5, 5.41) is 2.47. The molecule has 0 amide bonds. The number of rotatable bonds is 4. The van der Waals surface area contributed by atoms with E-state index in [1.807, 2.05) is 0 Å². The van der Waals surface area contributed by atoms with Crippen molar-refractivity contribution in [3.8, 4) is 5.88 Å². The third-order valence-electron chi connectivity index (χ3n) is 2.78. The molecule has 1 heterocycles. The van der Waals surface area contributed by atoms with Gasteiger partial charge in [-0.15, -0.1) is 0 Å². The Balaban J connectivity index is 2.34. The average molecular weight is 357 g/mol. The van der Waals surface area contributed by atoms with Gasteiger partial charge in [-0.3, -0.25) is 0 Å². The molecule has 0 atom stereocenters. The summed E-state index contributed by atoms with van der Waals surface area (Å²) in [6, 6.07) is 3.26. The standard InChI is InChI=1S/C15H17F2N3O3S/c1-15(2,3)23-14-12(17)13(18-8-19-14)20-11-6-5-9(7-10(11)16)24(4,21)22/h5-8H,1-4H3,(H,18,19,20). The van der Waals surface area contributed by atoms with Crippen molar-refractivity contribution in [2.45, 2.75) is 31.3 Å². The van der Waals surface area contributed by atoms with Crippen molar-refractivity contribution in [1.82, 2.24) is 9.97 Å². The summed E-state index contributed by atoms with van der Waals surface area (Å²) in [5.41, 5.74) is -0.795. The van der Waals surface area contributed by atoms with Gasteiger partial charge in [-0.05, 0) is 39.0 Å². The predicted molar refractivity (Wildman–Crippen MR) is 85.2 cm³/mol. The fourth-order valence-electron chi connectivity index (χ4n) is 1.76. The van der Waals surface area contributed by atoms with Crippen molar-refractivity contribution in [1.29, 1.82) is 0 Å². The number of ether oxygens (including phenoxy) is 1. The summed E-state index contributed by atoms with van der Waals surface area (Å²) in [5.74, 6) is -2.28. The van der Waals surface area contributed by atoms with Crippen LogP contribution in [0, 0.1) is 11.6 Å². The quantitative estimate of drug-likeness (QED) is 0.906. The zero-order valence-electron chi connectivity index (χ0n) is 13.6. The number of aromatic nitrogens is 2. The van der Waals surface area contributed by atoms with Crippen molar-refractivity contribution in [2.75, 3.05) is 11.6 Å². The second-order valence-corrected chi connectivity index (χ2v) is 8.11. The summed E-state index contributed by atoms with van der Waals surface area (Å²) in [4.78, 5) is 7.25. The summed E-state index contributed by atoms with van der Waals surface area (Å²) in [7, 11) is -3.54. The number of nitrogens with one attached hydrogen (secondary N) is 1. The topological polar surface area (TPSA) is 81.2 Å². The number of hydrogen-bond donors (Lipinski definition) is 1. The summed E-state index contributed by atoms with van der Waals surface area (Å²) < 4.78 is 56.6. The molecular weight excluding hydrogens is 340 g/mol. The van der Waals surface area contributed by atoms with E-state index in [9.17, 15) is 17.2 Å². The smallest absolute Gasteiger partial charge is 0.256 e. The van der Waals surface area contributed by atoms with Gasteiger partial charge in [-0.25, -0.2) is 17.8 Å². The minimum absolute atomic E-state index is 0.123. The molecule has 9 heteroatoms. The second-order valence-electron chi connectivity index (χ2n) is 6.09. The first-order valence-electron chi connectivity index (χ1n) is 6.93. The van der Waals surface area contributed by atoms with Gasteiger partial charge in [-0.2, -0.15) is 9.37 Å². The monoisotopic (exact) mass is 357 g/mol. The number of sulfone groups is 1. The normalized spacial score (nSPS) is 12.1. The molecule has 0 bridgehead atoms. The second kappa shape index (κ2) is 6.31. The maximum absolute atomic E-state index is 14.4. The molecule has 24 heavy (non-hydrogen) atoms. The number of hydrogen-bond acceptors (Lipinski definition) is 6. The largest absolute Gasteiger partial charge is 0.470 e. The van der Waals surface area contributed by atoms with E-state index >= 15 is 0 Å². The molecule has 6 nitrogen and oxygen atoms in total. The lowest BCUT2D eigenvalue weighted by Gasteiger charge is -2.21. The zero-order valence-corrected chi connectivity index (χ0v) is 14.4. The Morgan fingerprint density at radius 1 is 1.17 bits per heavy atom. The van der Waals surface area contributed by atoms with Crippen LogP contribution >= 0.6 is 0 Å². The van der Waals surface area contributed by atoms with Crippen LogP contribution in [0.5, 0.6) is 5.88 Å². The average Bonchev–Trinajstić information content (AvgIpc) is 2.42. The van der Waals surface area contributed by atoms with E-state index in [1.54, 1.807) is 20.8 Å². The summed E-state index contributed by atoms with van der Waals surface area (Å²) in [6.45, 7) is 5.18. The molecule has 0 radical (unpaired) electrons. The lowest BCUT2D eigenvalue weighted by molar-refractivity contribution is 0.117. The van der Waals surface area contributed by atoms with Crippen molar-refractivity contribution in [2.24, 2.45) is 0 Å². The molecular formula is C15H17F2N3O3S. The van der Waals surface area contributed by atoms with Gasteiger partial charge in [0.25, 0.3) is 5.88 Å². The predicted octanol–water partition coefficient (Wildman–Crippen LogP) is 3.08. The first-order valence-corrected chi connectivity index (χ1v) is 8.82. The molecule has 1 aromatic heterocycles. The fourth-order valence-corrected chi connectivity index (χ4v) is 2.39. The van der Waals surface area contributed by atoms with E-state index in [0.717, 1.165) is 18.6 Å². The molecule has 2 aromatic rings. The van der Waals surface area contributed by atoms with Crippen LogP contribution in [0.2, 0.25) is 0 Å². The maximum atomic E-state index is 14.4. The highest BCUT2D eigenvalue weighted by molar-refractivity contribution is 7.90. The zero-order chi connectivity index (χ0) is 18.1.